The molecule has 0 aromatic heterocycles. The van der Waals surface area contributed by atoms with Crippen LogP contribution in [-0.2, 0) is 19.6 Å². The van der Waals surface area contributed by atoms with Crippen LogP contribution >= 0.6 is 0 Å². The quantitative estimate of drug-likeness (QED) is 0.546. The molecule has 1 aliphatic heterocycles. The van der Waals surface area contributed by atoms with Crippen molar-refractivity contribution in [1.29, 1.82) is 0 Å². The predicted octanol–water partition coefficient (Wildman–Crippen LogP) is 4.16. The molecular weight excluding hydrogens is 450 g/mol. The van der Waals surface area contributed by atoms with Gasteiger partial charge in [0.25, 0.3) is 0 Å². The summed E-state index contributed by atoms with van der Waals surface area (Å²) in [4.78, 5) is 28.5. The van der Waals surface area contributed by atoms with Crippen molar-refractivity contribution in [1.82, 2.24) is 14.5 Å². The molecule has 2 amide bonds. The normalized spacial score (nSPS) is 21.0. The van der Waals surface area contributed by atoms with Crippen molar-refractivity contribution in [3.05, 3.63) is 72.0 Å². The van der Waals surface area contributed by atoms with Crippen molar-refractivity contribution in [3.8, 4) is 0 Å². The van der Waals surface area contributed by atoms with E-state index in [0.29, 0.717) is 29.1 Å². The average Bonchev–Trinajstić information content (AvgIpc) is 2.63. The Morgan fingerprint density at radius 3 is 2.15 bits per heavy atom. The summed E-state index contributed by atoms with van der Waals surface area (Å²) < 4.78 is 27.4. The summed E-state index contributed by atoms with van der Waals surface area (Å²) in [5, 5.41) is 0. The number of amides is 2. The maximum Gasteiger partial charge on any atom is 0.240 e. The Kier molecular flexibility index (Phi) is 8.32. The monoisotopic (exact) mass is 487 g/mol. The zero-order chi connectivity index (χ0) is 26.0. The first kappa shape index (κ1) is 27.5. The summed E-state index contributed by atoms with van der Waals surface area (Å²) in [5.41, 5.74) is 1.20. The van der Waals surface area contributed by atoms with Crippen LogP contribution in [0.15, 0.2) is 72.0 Å². The number of nitrogens with zero attached hydrogens (tertiary/aromatic N) is 2. The van der Waals surface area contributed by atoms with Crippen LogP contribution in [-0.4, -0.2) is 48.2 Å². The topological polar surface area (TPSA) is 86.8 Å². The van der Waals surface area contributed by atoms with Gasteiger partial charge < -0.3 is 9.80 Å². The van der Waals surface area contributed by atoms with E-state index in [9.17, 15) is 18.0 Å². The molecule has 1 saturated carbocycles. The fourth-order valence-electron chi connectivity index (χ4n) is 3.85. The number of carbonyl (C=O) groups is 2. The first-order chi connectivity index (χ1) is 15.5. The standard InChI is InChI=1S/C26H37N3O4S/c1-17(13-14-20(4)34(32,33)27-26(7,8)9)18(2)15-24-21(5)29(22(6)30)19(3)16-28(24)25(31)23-11-10-12-23/h13-15,19,23,27H,1-2,4-5,10-12,16H2,3,6-9H3/b14-13-,24-15+. The minimum atomic E-state index is -3.75. The van der Waals surface area contributed by atoms with E-state index in [0.717, 1.165) is 19.3 Å². The van der Waals surface area contributed by atoms with Gasteiger partial charge in [0.05, 0.1) is 22.3 Å². The highest BCUT2D eigenvalue weighted by atomic mass is 32.2. The second-order valence-corrected chi connectivity index (χ2v) is 11.7. The molecule has 0 radical (unpaired) electrons. The van der Waals surface area contributed by atoms with E-state index in [-0.39, 0.29) is 28.7 Å². The van der Waals surface area contributed by atoms with E-state index in [1.54, 1.807) is 36.6 Å². The second kappa shape index (κ2) is 10.3. The summed E-state index contributed by atoms with van der Waals surface area (Å²) in [5.74, 6) is -0.154. The van der Waals surface area contributed by atoms with Gasteiger partial charge in [-0.05, 0) is 63.8 Å². The maximum atomic E-state index is 13.1. The van der Waals surface area contributed by atoms with Gasteiger partial charge in [0.15, 0.2) is 0 Å². The highest BCUT2D eigenvalue weighted by Crippen LogP contribution is 2.35. The summed E-state index contributed by atoms with van der Waals surface area (Å²) in [6, 6.07) is -0.202. The second-order valence-electron chi connectivity index (χ2n) is 10.00. The minimum Gasteiger partial charge on any atom is -0.308 e. The molecule has 0 aromatic carbocycles. The van der Waals surface area contributed by atoms with Gasteiger partial charge in [0.1, 0.15) is 0 Å². The molecule has 0 aromatic rings. The van der Waals surface area contributed by atoms with Gasteiger partial charge >= 0.3 is 0 Å². The number of rotatable bonds is 7. The van der Waals surface area contributed by atoms with Gasteiger partial charge in [0, 0.05) is 24.9 Å². The van der Waals surface area contributed by atoms with Crippen LogP contribution in [0.5, 0.6) is 0 Å². The van der Waals surface area contributed by atoms with Crippen molar-refractivity contribution < 1.29 is 18.0 Å². The SMILES string of the molecule is C=C(/C=C\C(=C)S(=O)(=O)NC(C)(C)C)C(=C)/C=C1\C(=C)N(C(C)=O)C(C)CN1C(=O)C1CCC1. The zero-order valence-corrected chi connectivity index (χ0v) is 21.8. The van der Waals surface area contributed by atoms with Crippen LogP contribution in [0.25, 0.3) is 0 Å². The molecule has 34 heavy (non-hydrogen) atoms. The average molecular weight is 488 g/mol. The highest BCUT2D eigenvalue weighted by Gasteiger charge is 2.38. The molecule has 7 nitrogen and oxygen atoms in total. The Balaban J connectivity index is 2.29. The Hall–Kier alpha value is -2.71. The molecule has 0 spiro atoms. The van der Waals surface area contributed by atoms with E-state index in [1.165, 1.54) is 19.1 Å². The lowest BCUT2D eigenvalue weighted by atomic mass is 9.83. The lowest BCUT2D eigenvalue weighted by molar-refractivity contribution is -0.140. The Morgan fingerprint density at radius 1 is 1.09 bits per heavy atom. The molecule has 1 atom stereocenters. The van der Waals surface area contributed by atoms with E-state index in [2.05, 4.69) is 31.0 Å². The molecular formula is C26H37N3O4S. The van der Waals surface area contributed by atoms with Crippen LogP contribution < -0.4 is 4.72 Å². The van der Waals surface area contributed by atoms with Crippen molar-refractivity contribution in [2.24, 2.45) is 5.92 Å². The van der Waals surface area contributed by atoms with Crippen molar-refractivity contribution in [3.63, 3.8) is 0 Å². The van der Waals surface area contributed by atoms with Gasteiger partial charge in [0.2, 0.25) is 21.8 Å². The number of sulfonamides is 1. The summed E-state index contributed by atoms with van der Waals surface area (Å²) in [6.07, 6.45) is 7.29. The van der Waals surface area contributed by atoms with Crippen molar-refractivity contribution >= 4 is 21.8 Å². The van der Waals surface area contributed by atoms with E-state index >= 15 is 0 Å². The van der Waals surface area contributed by atoms with Crippen LogP contribution in [0.4, 0.5) is 0 Å². The smallest absolute Gasteiger partial charge is 0.240 e. The number of carbonyl (C=O) groups excluding carboxylic acids is 2. The van der Waals surface area contributed by atoms with Crippen LogP contribution in [0, 0.1) is 5.92 Å². The third kappa shape index (κ3) is 6.45. The summed E-state index contributed by atoms with van der Waals surface area (Å²) in [6.45, 7) is 24.7. The van der Waals surface area contributed by atoms with E-state index in [1.807, 2.05) is 6.92 Å². The van der Waals surface area contributed by atoms with Gasteiger partial charge in [-0.1, -0.05) is 38.8 Å². The van der Waals surface area contributed by atoms with Gasteiger partial charge in [-0.2, -0.15) is 0 Å². The molecule has 8 heteroatoms. The lowest BCUT2D eigenvalue weighted by Gasteiger charge is -2.44. The molecule has 1 unspecified atom stereocenters. The highest BCUT2D eigenvalue weighted by molar-refractivity contribution is 7.93. The third-order valence-corrected chi connectivity index (χ3v) is 7.51. The molecule has 0 bridgehead atoms. The number of nitrogens with one attached hydrogen (secondary N) is 1. The van der Waals surface area contributed by atoms with Crippen LogP contribution in [0.3, 0.4) is 0 Å². The van der Waals surface area contributed by atoms with E-state index < -0.39 is 15.6 Å². The molecule has 1 N–H and O–H groups in total. The third-order valence-electron chi connectivity index (χ3n) is 5.80. The molecule has 2 rings (SSSR count). The van der Waals surface area contributed by atoms with Crippen molar-refractivity contribution in [2.75, 3.05) is 6.54 Å². The predicted molar refractivity (Wildman–Crippen MR) is 137 cm³/mol. The van der Waals surface area contributed by atoms with Gasteiger partial charge in [-0.3, -0.25) is 9.59 Å². The first-order valence-corrected chi connectivity index (χ1v) is 12.8. The largest absolute Gasteiger partial charge is 0.308 e. The first-order valence-electron chi connectivity index (χ1n) is 11.4. The van der Waals surface area contributed by atoms with Gasteiger partial charge in [-0.15, -0.1) is 0 Å². The number of piperazine rings is 1. The molecule has 186 valence electrons. The number of allylic oxidation sites excluding steroid dienone is 5. The Bertz CT molecular complexity index is 1090. The minimum absolute atomic E-state index is 0.0208. The van der Waals surface area contributed by atoms with Crippen molar-refractivity contribution in [2.45, 2.75) is 65.5 Å². The maximum absolute atomic E-state index is 13.1. The Labute approximate surface area is 204 Å². The van der Waals surface area contributed by atoms with E-state index in [4.69, 9.17) is 0 Å². The van der Waals surface area contributed by atoms with Crippen LogP contribution in [0.2, 0.25) is 0 Å². The molecule has 2 fully saturated rings. The fourth-order valence-corrected chi connectivity index (χ4v) is 5.04. The zero-order valence-electron chi connectivity index (χ0n) is 21.0. The summed E-state index contributed by atoms with van der Waals surface area (Å²) >= 11 is 0. The molecule has 1 heterocycles. The number of hydrogen-bond donors (Lipinski definition) is 1. The number of hydrogen-bond acceptors (Lipinski definition) is 4. The van der Waals surface area contributed by atoms with Crippen LogP contribution in [0.1, 0.15) is 53.9 Å². The molecule has 2 aliphatic rings. The molecule has 1 saturated heterocycles. The molecule has 1 aliphatic carbocycles. The lowest BCUT2D eigenvalue weighted by Crippen LogP contribution is -2.53. The van der Waals surface area contributed by atoms with Gasteiger partial charge in [-0.25, -0.2) is 13.1 Å². The summed E-state index contributed by atoms with van der Waals surface area (Å²) in [7, 11) is -3.75. The Morgan fingerprint density at radius 2 is 1.68 bits per heavy atom. The fraction of sp³-hybridized carbons (Fsp3) is 0.462.